The molecule has 1 atom stereocenters. The molecule has 0 spiro atoms. The van der Waals surface area contributed by atoms with E-state index in [4.69, 9.17) is 11.5 Å². The number of carbonyl (C=O) groups excluding carboxylic acids is 1. The highest BCUT2D eigenvalue weighted by atomic mass is 32.2. The van der Waals surface area contributed by atoms with Crippen molar-refractivity contribution in [2.75, 3.05) is 19.6 Å². The van der Waals surface area contributed by atoms with Gasteiger partial charge in [-0.2, -0.15) is 0 Å². The van der Waals surface area contributed by atoms with Crippen molar-refractivity contribution in [1.82, 2.24) is 4.90 Å². The number of benzene rings is 1. The summed E-state index contributed by atoms with van der Waals surface area (Å²) in [6.45, 7) is 3.66. The van der Waals surface area contributed by atoms with Gasteiger partial charge >= 0.3 is 0 Å². The number of nitrogens with two attached hydrogens (primary N) is 2. The maximum atomic E-state index is 11.0. The number of nitrogens with zero attached hydrogens (tertiary/aromatic N) is 1. The largest absolute Gasteiger partial charge is 0.361 e. The Kier molecular flexibility index (Phi) is 5.88. The first-order valence-electron chi connectivity index (χ1n) is 7.11. The maximum absolute atomic E-state index is 11.0. The number of carbonyl (C=O) groups is 1. The monoisotopic (exact) mass is 293 g/mol. The van der Waals surface area contributed by atoms with Crippen molar-refractivity contribution in [3.63, 3.8) is 0 Å². The van der Waals surface area contributed by atoms with Crippen LogP contribution >= 0.6 is 11.8 Å². The molecule has 20 heavy (non-hydrogen) atoms. The van der Waals surface area contributed by atoms with Gasteiger partial charge < -0.3 is 11.5 Å². The van der Waals surface area contributed by atoms with E-state index in [0.29, 0.717) is 12.5 Å². The second-order valence-corrected chi connectivity index (χ2v) is 6.55. The van der Waals surface area contributed by atoms with Crippen molar-refractivity contribution in [2.24, 2.45) is 17.4 Å². The van der Waals surface area contributed by atoms with E-state index in [2.05, 4.69) is 29.2 Å². The molecule has 0 bridgehead atoms. The molecule has 110 valence electrons. The average molecular weight is 293 g/mol. The van der Waals surface area contributed by atoms with Crippen LogP contribution in [0, 0.1) is 5.92 Å². The van der Waals surface area contributed by atoms with Crippen LogP contribution in [0.25, 0.3) is 0 Å². The molecule has 1 unspecified atom stereocenters. The first kappa shape index (κ1) is 15.4. The van der Waals surface area contributed by atoms with E-state index in [1.165, 1.54) is 17.3 Å². The number of rotatable bonds is 5. The van der Waals surface area contributed by atoms with Crippen LogP contribution in [-0.2, 0) is 6.54 Å². The molecule has 1 heterocycles. The van der Waals surface area contributed by atoms with Crippen molar-refractivity contribution in [2.45, 2.75) is 24.6 Å². The number of primary amides is 1. The zero-order valence-electron chi connectivity index (χ0n) is 11.7. The summed E-state index contributed by atoms with van der Waals surface area (Å²) in [6, 6.07) is 10.5. The van der Waals surface area contributed by atoms with Crippen LogP contribution in [0.1, 0.15) is 18.4 Å². The van der Waals surface area contributed by atoms with E-state index in [9.17, 15) is 4.79 Å². The Bertz CT molecular complexity index is 418. The molecule has 0 aromatic heterocycles. The van der Waals surface area contributed by atoms with Gasteiger partial charge in [0.15, 0.2) is 0 Å². The van der Waals surface area contributed by atoms with Gasteiger partial charge in [-0.1, -0.05) is 42.1 Å². The highest BCUT2D eigenvalue weighted by Gasteiger charge is 2.27. The van der Waals surface area contributed by atoms with E-state index in [1.807, 2.05) is 6.07 Å². The molecule has 0 aliphatic carbocycles. The lowest BCUT2D eigenvalue weighted by Crippen LogP contribution is -2.39. The Morgan fingerprint density at radius 1 is 1.30 bits per heavy atom. The number of amides is 1. The normalized spacial score (nSPS) is 18.9. The second kappa shape index (κ2) is 7.67. The summed E-state index contributed by atoms with van der Waals surface area (Å²) < 4.78 is 0. The quantitative estimate of drug-likeness (QED) is 0.871. The zero-order chi connectivity index (χ0) is 14.4. The highest BCUT2D eigenvalue weighted by molar-refractivity contribution is 8.14. The van der Waals surface area contributed by atoms with E-state index < -0.39 is 0 Å². The molecule has 1 aromatic rings. The summed E-state index contributed by atoms with van der Waals surface area (Å²) in [6.07, 6.45) is 2.18. The summed E-state index contributed by atoms with van der Waals surface area (Å²) in [7, 11) is 0. The first-order chi connectivity index (χ1) is 9.69. The summed E-state index contributed by atoms with van der Waals surface area (Å²) in [5.74, 6) is 0.504. The molecule has 1 amide bonds. The van der Waals surface area contributed by atoms with Gasteiger partial charge in [0.25, 0.3) is 5.24 Å². The number of piperidine rings is 1. The van der Waals surface area contributed by atoms with Crippen LogP contribution in [-0.4, -0.2) is 35.0 Å². The minimum atomic E-state index is -0.313. The van der Waals surface area contributed by atoms with Crippen molar-refractivity contribution >= 4 is 17.0 Å². The molecule has 1 fully saturated rings. The highest BCUT2D eigenvalue weighted by Crippen LogP contribution is 2.28. The van der Waals surface area contributed by atoms with E-state index in [-0.39, 0.29) is 10.5 Å². The van der Waals surface area contributed by atoms with Crippen molar-refractivity contribution in [3.8, 4) is 0 Å². The van der Waals surface area contributed by atoms with Gasteiger partial charge in [0.05, 0.1) is 0 Å². The Morgan fingerprint density at radius 3 is 2.50 bits per heavy atom. The molecule has 4 N–H and O–H groups in total. The van der Waals surface area contributed by atoms with Gasteiger partial charge in [0.1, 0.15) is 0 Å². The lowest BCUT2D eigenvalue weighted by molar-refractivity contribution is 0.176. The maximum Gasteiger partial charge on any atom is 0.276 e. The van der Waals surface area contributed by atoms with Gasteiger partial charge in [0, 0.05) is 18.3 Å². The number of thioether (sulfide) groups is 1. The van der Waals surface area contributed by atoms with Gasteiger partial charge in [-0.25, -0.2) is 0 Å². The number of hydrogen-bond acceptors (Lipinski definition) is 4. The van der Waals surface area contributed by atoms with Crippen molar-refractivity contribution in [3.05, 3.63) is 35.9 Å². The third kappa shape index (κ3) is 4.51. The van der Waals surface area contributed by atoms with Crippen LogP contribution in [0.2, 0.25) is 0 Å². The van der Waals surface area contributed by atoms with E-state index in [1.54, 1.807) is 0 Å². The third-order valence-corrected chi connectivity index (χ3v) is 5.02. The molecule has 0 saturated carbocycles. The molecule has 1 saturated heterocycles. The molecule has 1 aromatic carbocycles. The predicted molar refractivity (Wildman–Crippen MR) is 84.5 cm³/mol. The van der Waals surface area contributed by atoms with Crippen molar-refractivity contribution < 1.29 is 4.79 Å². The topological polar surface area (TPSA) is 72.3 Å². The molecular weight excluding hydrogens is 270 g/mol. The van der Waals surface area contributed by atoms with Gasteiger partial charge in [-0.3, -0.25) is 9.69 Å². The van der Waals surface area contributed by atoms with Crippen LogP contribution in [0.3, 0.4) is 0 Å². The Labute approximate surface area is 124 Å². The zero-order valence-corrected chi connectivity index (χ0v) is 12.5. The molecule has 5 heteroatoms. The van der Waals surface area contributed by atoms with Crippen LogP contribution in [0.15, 0.2) is 30.3 Å². The minimum absolute atomic E-state index is 0.173. The van der Waals surface area contributed by atoms with Gasteiger partial charge in [-0.15, -0.1) is 0 Å². The molecule has 1 aliphatic rings. The first-order valence-corrected chi connectivity index (χ1v) is 7.99. The molecular formula is C15H23N3OS. The predicted octanol–water partition coefficient (Wildman–Crippen LogP) is 2.04. The van der Waals surface area contributed by atoms with E-state index >= 15 is 0 Å². The molecule has 1 aliphatic heterocycles. The van der Waals surface area contributed by atoms with Crippen molar-refractivity contribution in [1.29, 1.82) is 0 Å². The summed E-state index contributed by atoms with van der Waals surface area (Å²) >= 11 is 1.21. The summed E-state index contributed by atoms with van der Waals surface area (Å²) in [4.78, 5) is 13.5. The average Bonchev–Trinajstić information content (AvgIpc) is 2.46. The van der Waals surface area contributed by atoms with Crippen LogP contribution in [0.5, 0.6) is 0 Å². The Balaban J connectivity index is 1.81. The number of hydrogen-bond donors (Lipinski definition) is 2. The molecule has 4 nitrogen and oxygen atoms in total. The van der Waals surface area contributed by atoms with Gasteiger partial charge in [0.2, 0.25) is 0 Å². The molecule has 0 radical (unpaired) electrons. The van der Waals surface area contributed by atoms with Crippen LogP contribution in [0.4, 0.5) is 4.79 Å². The lowest BCUT2D eigenvalue weighted by Gasteiger charge is -2.35. The Morgan fingerprint density at radius 2 is 1.95 bits per heavy atom. The summed E-state index contributed by atoms with van der Waals surface area (Å²) in [5, 5.41) is -0.140. The third-order valence-electron chi connectivity index (χ3n) is 3.91. The smallest absolute Gasteiger partial charge is 0.276 e. The summed E-state index contributed by atoms with van der Waals surface area (Å²) in [5.41, 5.74) is 12.4. The van der Waals surface area contributed by atoms with Crippen LogP contribution < -0.4 is 11.5 Å². The SMILES string of the molecule is NCC(SC(N)=O)C1CCN(Cc2ccccc2)CC1. The second-order valence-electron chi connectivity index (χ2n) is 5.31. The Hall–Kier alpha value is -1.04. The minimum Gasteiger partial charge on any atom is -0.361 e. The lowest BCUT2D eigenvalue weighted by atomic mass is 9.93. The fourth-order valence-corrected chi connectivity index (χ4v) is 3.67. The molecule has 2 rings (SSSR count). The number of likely N-dealkylation sites (tertiary alicyclic amines) is 1. The fourth-order valence-electron chi connectivity index (χ4n) is 2.81. The standard InChI is InChI=1S/C15H23N3OS/c16-10-14(20-15(17)19)13-6-8-18(9-7-13)11-12-4-2-1-3-5-12/h1-5,13-14H,6-11,16H2,(H2,17,19). The van der Waals surface area contributed by atoms with E-state index in [0.717, 1.165) is 32.5 Å². The van der Waals surface area contributed by atoms with Gasteiger partial charge in [-0.05, 0) is 37.4 Å². The fraction of sp³-hybridized carbons (Fsp3) is 0.533.